The Hall–Kier alpha value is -0.790. The molecule has 0 aromatic heterocycles. The largest absolute Gasteiger partial charge is 0.321 e. The molecule has 0 radical (unpaired) electrons. The van der Waals surface area contributed by atoms with Crippen molar-refractivity contribution in [3.63, 3.8) is 0 Å². The van der Waals surface area contributed by atoms with Crippen LogP contribution >= 0.6 is 12.4 Å². The number of rotatable bonds is 2. The van der Waals surface area contributed by atoms with E-state index in [1.807, 2.05) is 6.07 Å². The molecule has 1 aromatic carbocycles. The topological polar surface area (TPSA) is 26.0 Å². The van der Waals surface area contributed by atoms with E-state index in [1.54, 1.807) is 6.08 Å². The van der Waals surface area contributed by atoms with Crippen LogP contribution in [0.1, 0.15) is 22.7 Å². The standard InChI is InChI=1S/C11H15N.ClH/c1-4-11(12)10-7-5-6-8(2)9(10)3;/h4-7,11H,1,12H2,2-3H3;1H/t11-;/m1./s1. The Balaban J connectivity index is 0.00000144. The fourth-order valence-electron chi connectivity index (χ4n) is 1.26. The van der Waals surface area contributed by atoms with Crippen molar-refractivity contribution >= 4 is 12.4 Å². The van der Waals surface area contributed by atoms with Gasteiger partial charge < -0.3 is 5.73 Å². The van der Waals surface area contributed by atoms with Gasteiger partial charge in [-0.1, -0.05) is 24.3 Å². The van der Waals surface area contributed by atoms with Gasteiger partial charge in [0.25, 0.3) is 0 Å². The highest BCUT2D eigenvalue weighted by Gasteiger charge is 2.05. The van der Waals surface area contributed by atoms with Crippen LogP contribution in [0.15, 0.2) is 30.9 Å². The summed E-state index contributed by atoms with van der Waals surface area (Å²) in [4.78, 5) is 0. The van der Waals surface area contributed by atoms with E-state index < -0.39 is 0 Å². The summed E-state index contributed by atoms with van der Waals surface area (Å²) < 4.78 is 0. The van der Waals surface area contributed by atoms with E-state index in [9.17, 15) is 0 Å². The van der Waals surface area contributed by atoms with Gasteiger partial charge in [0.05, 0.1) is 0 Å². The first-order chi connectivity index (χ1) is 5.66. The third-order valence-electron chi connectivity index (χ3n) is 2.26. The maximum atomic E-state index is 5.85. The van der Waals surface area contributed by atoms with E-state index in [-0.39, 0.29) is 18.4 Å². The number of benzene rings is 1. The van der Waals surface area contributed by atoms with Crippen LogP contribution in [-0.4, -0.2) is 0 Å². The minimum absolute atomic E-state index is 0. The van der Waals surface area contributed by atoms with Crippen LogP contribution in [0.25, 0.3) is 0 Å². The Kier molecular flexibility index (Phi) is 4.74. The average Bonchev–Trinajstić information content (AvgIpc) is 2.08. The SMILES string of the molecule is C=C[C@@H](N)c1cccc(C)c1C.Cl. The molecular formula is C11H16ClN. The number of halogens is 1. The first-order valence-electron chi connectivity index (χ1n) is 4.11. The van der Waals surface area contributed by atoms with E-state index in [0.29, 0.717) is 0 Å². The minimum Gasteiger partial charge on any atom is -0.321 e. The lowest BCUT2D eigenvalue weighted by molar-refractivity contribution is 0.899. The van der Waals surface area contributed by atoms with Crippen LogP contribution in [0.2, 0.25) is 0 Å². The highest BCUT2D eigenvalue weighted by Crippen LogP contribution is 2.18. The van der Waals surface area contributed by atoms with Gasteiger partial charge in [-0.25, -0.2) is 0 Å². The molecule has 1 nitrogen and oxygen atoms in total. The summed E-state index contributed by atoms with van der Waals surface area (Å²) in [5.41, 5.74) is 9.57. The van der Waals surface area contributed by atoms with Crippen LogP contribution in [0.4, 0.5) is 0 Å². The van der Waals surface area contributed by atoms with Gasteiger partial charge in [0, 0.05) is 6.04 Å². The zero-order valence-corrected chi connectivity index (χ0v) is 8.90. The quantitative estimate of drug-likeness (QED) is 0.725. The van der Waals surface area contributed by atoms with Gasteiger partial charge in [-0.05, 0) is 30.5 Å². The molecule has 0 amide bonds. The second kappa shape index (κ2) is 5.05. The molecule has 0 aliphatic carbocycles. The maximum absolute atomic E-state index is 5.85. The van der Waals surface area contributed by atoms with Gasteiger partial charge in [0.1, 0.15) is 0 Å². The van der Waals surface area contributed by atoms with Crippen molar-refractivity contribution in [3.8, 4) is 0 Å². The first kappa shape index (κ1) is 12.2. The molecule has 0 aliphatic heterocycles. The zero-order valence-electron chi connectivity index (χ0n) is 8.08. The Bertz CT molecular complexity index is 294. The summed E-state index contributed by atoms with van der Waals surface area (Å²) in [6, 6.07) is 6.13. The molecule has 0 spiro atoms. The smallest absolute Gasteiger partial charge is 0.0481 e. The molecular weight excluding hydrogens is 182 g/mol. The Morgan fingerprint density at radius 2 is 2.00 bits per heavy atom. The van der Waals surface area contributed by atoms with Gasteiger partial charge >= 0.3 is 0 Å². The summed E-state index contributed by atoms with van der Waals surface area (Å²) in [5.74, 6) is 0. The lowest BCUT2D eigenvalue weighted by atomic mass is 9.98. The molecule has 0 fully saturated rings. The van der Waals surface area contributed by atoms with Crippen molar-refractivity contribution in [2.45, 2.75) is 19.9 Å². The molecule has 0 aliphatic rings. The van der Waals surface area contributed by atoms with Crippen molar-refractivity contribution < 1.29 is 0 Å². The third-order valence-corrected chi connectivity index (χ3v) is 2.26. The minimum atomic E-state index is -0.0371. The fraction of sp³-hybridized carbons (Fsp3) is 0.273. The van der Waals surface area contributed by atoms with Gasteiger partial charge in [-0.2, -0.15) is 0 Å². The van der Waals surface area contributed by atoms with Crippen molar-refractivity contribution in [1.82, 2.24) is 0 Å². The molecule has 1 aromatic rings. The van der Waals surface area contributed by atoms with Gasteiger partial charge in [-0.3, -0.25) is 0 Å². The van der Waals surface area contributed by atoms with Crippen molar-refractivity contribution in [2.24, 2.45) is 5.73 Å². The molecule has 0 bridgehead atoms. The van der Waals surface area contributed by atoms with Gasteiger partial charge in [0.15, 0.2) is 0 Å². The molecule has 0 unspecified atom stereocenters. The summed E-state index contributed by atoms with van der Waals surface area (Å²) >= 11 is 0. The van der Waals surface area contributed by atoms with Crippen molar-refractivity contribution in [2.75, 3.05) is 0 Å². The molecule has 13 heavy (non-hydrogen) atoms. The normalized spacial score (nSPS) is 11.6. The molecule has 2 N–H and O–H groups in total. The van der Waals surface area contributed by atoms with Crippen molar-refractivity contribution in [3.05, 3.63) is 47.5 Å². The number of hydrogen-bond donors (Lipinski definition) is 1. The summed E-state index contributed by atoms with van der Waals surface area (Å²) in [7, 11) is 0. The third kappa shape index (κ3) is 2.58. The predicted molar refractivity (Wildman–Crippen MR) is 60.3 cm³/mol. The van der Waals surface area contributed by atoms with E-state index in [1.165, 1.54) is 16.7 Å². The Morgan fingerprint density at radius 1 is 1.38 bits per heavy atom. The monoisotopic (exact) mass is 197 g/mol. The van der Waals surface area contributed by atoms with Crippen LogP contribution in [0.5, 0.6) is 0 Å². The lowest BCUT2D eigenvalue weighted by Crippen LogP contribution is -2.08. The van der Waals surface area contributed by atoms with Crippen molar-refractivity contribution in [1.29, 1.82) is 0 Å². The van der Waals surface area contributed by atoms with Gasteiger partial charge in [-0.15, -0.1) is 19.0 Å². The second-order valence-electron chi connectivity index (χ2n) is 3.05. The summed E-state index contributed by atoms with van der Waals surface area (Å²) in [6.45, 7) is 7.87. The fourth-order valence-corrected chi connectivity index (χ4v) is 1.26. The maximum Gasteiger partial charge on any atom is 0.0481 e. The van der Waals surface area contributed by atoms with Crippen LogP contribution < -0.4 is 5.73 Å². The van der Waals surface area contributed by atoms with Crippen LogP contribution in [0.3, 0.4) is 0 Å². The number of nitrogens with two attached hydrogens (primary N) is 1. The molecule has 2 heteroatoms. The predicted octanol–water partition coefficient (Wildman–Crippen LogP) is 2.91. The van der Waals surface area contributed by atoms with Crippen LogP contribution in [0, 0.1) is 13.8 Å². The lowest BCUT2D eigenvalue weighted by Gasteiger charge is -2.11. The van der Waals surface area contributed by atoms with E-state index in [4.69, 9.17) is 5.73 Å². The van der Waals surface area contributed by atoms with Gasteiger partial charge in [0.2, 0.25) is 0 Å². The average molecular weight is 198 g/mol. The first-order valence-corrected chi connectivity index (χ1v) is 4.11. The zero-order chi connectivity index (χ0) is 9.14. The molecule has 1 rings (SSSR count). The van der Waals surface area contributed by atoms with Crippen LogP contribution in [-0.2, 0) is 0 Å². The van der Waals surface area contributed by atoms with E-state index in [0.717, 1.165) is 0 Å². The van der Waals surface area contributed by atoms with E-state index >= 15 is 0 Å². The highest BCUT2D eigenvalue weighted by molar-refractivity contribution is 5.85. The molecule has 0 saturated carbocycles. The number of aryl methyl sites for hydroxylation is 1. The second-order valence-corrected chi connectivity index (χ2v) is 3.05. The number of hydrogen-bond acceptors (Lipinski definition) is 1. The Morgan fingerprint density at radius 3 is 2.54 bits per heavy atom. The Labute approximate surface area is 86.1 Å². The summed E-state index contributed by atoms with van der Waals surface area (Å²) in [6.07, 6.45) is 1.77. The molecule has 0 heterocycles. The molecule has 1 atom stereocenters. The summed E-state index contributed by atoms with van der Waals surface area (Å²) in [5, 5.41) is 0. The molecule has 72 valence electrons. The van der Waals surface area contributed by atoms with E-state index in [2.05, 4.69) is 32.6 Å². The molecule has 0 saturated heterocycles. The highest BCUT2D eigenvalue weighted by atomic mass is 35.5.